The summed E-state index contributed by atoms with van der Waals surface area (Å²) in [5, 5.41) is 3.89. The lowest BCUT2D eigenvalue weighted by atomic mass is 9.99. The first-order valence-electron chi connectivity index (χ1n) is 7.02. The van der Waals surface area contributed by atoms with E-state index in [0.717, 1.165) is 29.0 Å². The molecule has 0 aromatic heterocycles. The second-order valence-corrected chi connectivity index (χ2v) is 5.77. The largest absolute Gasteiger partial charge is 0.497 e. The second-order valence-electron chi connectivity index (χ2n) is 5.34. The lowest BCUT2D eigenvalue weighted by Crippen LogP contribution is -2.16. The Kier molecular flexibility index (Phi) is 4.13. The topological polar surface area (TPSA) is 21.3 Å². The minimum absolute atomic E-state index is 0.325. The molecule has 2 aromatic rings. The molecule has 1 aliphatic rings. The quantitative estimate of drug-likeness (QED) is 0.883. The van der Waals surface area contributed by atoms with Crippen molar-refractivity contribution in [2.45, 2.75) is 25.4 Å². The summed E-state index contributed by atoms with van der Waals surface area (Å²) in [5.41, 5.74) is 2.85. The van der Waals surface area contributed by atoms with Crippen molar-refractivity contribution in [3.8, 4) is 16.9 Å². The Labute approximate surface area is 128 Å². The van der Waals surface area contributed by atoms with Gasteiger partial charge in [0.1, 0.15) is 11.6 Å². The number of benzene rings is 2. The van der Waals surface area contributed by atoms with Crippen molar-refractivity contribution in [2.75, 3.05) is 7.11 Å². The third kappa shape index (κ3) is 3.55. The van der Waals surface area contributed by atoms with Gasteiger partial charge in [0.25, 0.3) is 0 Å². The molecule has 2 nitrogen and oxygen atoms in total. The highest BCUT2D eigenvalue weighted by Gasteiger charge is 2.20. The van der Waals surface area contributed by atoms with Crippen LogP contribution in [0.2, 0.25) is 5.02 Å². The van der Waals surface area contributed by atoms with Gasteiger partial charge in [-0.1, -0.05) is 17.7 Å². The van der Waals surface area contributed by atoms with Gasteiger partial charge >= 0.3 is 0 Å². The van der Waals surface area contributed by atoms with Crippen molar-refractivity contribution in [3.63, 3.8) is 0 Å². The molecule has 0 amide bonds. The summed E-state index contributed by atoms with van der Waals surface area (Å²) < 4.78 is 18.9. The molecule has 110 valence electrons. The van der Waals surface area contributed by atoms with Crippen LogP contribution in [-0.4, -0.2) is 13.2 Å². The van der Waals surface area contributed by atoms with Crippen LogP contribution in [0.25, 0.3) is 11.1 Å². The molecule has 0 spiro atoms. The van der Waals surface area contributed by atoms with Gasteiger partial charge < -0.3 is 10.1 Å². The lowest BCUT2D eigenvalue weighted by molar-refractivity contribution is 0.414. The molecule has 2 aromatic carbocycles. The molecule has 4 heteroatoms. The third-order valence-corrected chi connectivity index (χ3v) is 3.86. The van der Waals surface area contributed by atoms with E-state index in [1.54, 1.807) is 13.2 Å². The number of hydrogen-bond acceptors (Lipinski definition) is 2. The average molecular weight is 306 g/mol. The minimum atomic E-state index is -0.325. The summed E-state index contributed by atoms with van der Waals surface area (Å²) in [6.45, 7) is 0.741. The maximum atomic E-state index is 13.6. The monoisotopic (exact) mass is 305 g/mol. The molecule has 1 N–H and O–H groups in total. The van der Waals surface area contributed by atoms with E-state index >= 15 is 0 Å². The first-order chi connectivity index (χ1) is 10.2. The van der Waals surface area contributed by atoms with Crippen LogP contribution in [0, 0.1) is 5.82 Å². The van der Waals surface area contributed by atoms with Crippen LogP contribution in [0.4, 0.5) is 4.39 Å². The van der Waals surface area contributed by atoms with E-state index < -0.39 is 0 Å². The highest BCUT2D eigenvalue weighted by Crippen LogP contribution is 2.31. The minimum Gasteiger partial charge on any atom is -0.497 e. The van der Waals surface area contributed by atoms with E-state index in [0.29, 0.717) is 11.1 Å². The van der Waals surface area contributed by atoms with Gasteiger partial charge in [-0.3, -0.25) is 0 Å². The standard InChI is InChI=1S/C17H17ClFNO/c1-21-16-4-5-17(11-6-13(18)9-14(19)7-11)12(8-16)10-20-15-2-3-15/h4-9,15,20H,2-3,10H2,1H3. The Bertz CT molecular complexity index is 635. The van der Waals surface area contributed by atoms with Gasteiger partial charge in [-0.15, -0.1) is 0 Å². The number of nitrogens with one attached hydrogen (secondary N) is 1. The lowest BCUT2D eigenvalue weighted by Gasteiger charge is -2.13. The predicted molar refractivity (Wildman–Crippen MR) is 83.3 cm³/mol. The Morgan fingerprint density at radius 2 is 2.05 bits per heavy atom. The maximum absolute atomic E-state index is 13.6. The van der Waals surface area contributed by atoms with Gasteiger partial charge in [0.05, 0.1) is 7.11 Å². The number of ether oxygens (including phenoxy) is 1. The van der Waals surface area contributed by atoms with Crippen LogP contribution in [0.3, 0.4) is 0 Å². The Balaban J connectivity index is 1.98. The zero-order valence-electron chi connectivity index (χ0n) is 11.8. The van der Waals surface area contributed by atoms with E-state index in [1.807, 2.05) is 18.2 Å². The normalized spacial score (nSPS) is 14.2. The number of halogens is 2. The van der Waals surface area contributed by atoms with E-state index in [2.05, 4.69) is 5.32 Å². The van der Waals surface area contributed by atoms with Gasteiger partial charge in [-0.05, 0) is 59.9 Å². The third-order valence-electron chi connectivity index (χ3n) is 3.64. The van der Waals surface area contributed by atoms with Gasteiger partial charge in [0.2, 0.25) is 0 Å². The fourth-order valence-electron chi connectivity index (χ4n) is 2.38. The molecular weight excluding hydrogens is 289 g/mol. The molecule has 0 unspecified atom stereocenters. The van der Waals surface area contributed by atoms with E-state index in [-0.39, 0.29) is 5.82 Å². The van der Waals surface area contributed by atoms with Crippen molar-refractivity contribution >= 4 is 11.6 Å². The van der Waals surface area contributed by atoms with Crippen molar-refractivity contribution in [2.24, 2.45) is 0 Å². The average Bonchev–Trinajstić information content (AvgIpc) is 3.28. The van der Waals surface area contributed by atoms with Crippen LogP contribution in [0.5, 0.6) is 5.75 Å². The van der Waals surface area contributed by atoms with Crippen molar-refractivity contribution in [3.05, 3.63) is 52.8 Å². The zero-order valence-corrected chi connectivity index (χ0v) is 12.6. The van der Waals surface area contributed by atoms with Gasteiger partial charge in [0.15, 0.2) is 0 Å². The van der Waals surface area contributed by atoms with E-state index in [9.17, 15) is 4.39 Å². The Morgan fingerprint density at radius 1 is 1.24 bits per heavy atom. The van der Waals surface area contributed by atoms with E-state index in [4.69, 9.17) is 16.3 Å². The molecule has 1 aliphatic carbocycles. The molecular formula is C17H17ClFNO. The van der Waals surface area contributed by atoms with Crippen LogP contribution in [-0.2, 0) is 6.54 Å². The summed E-state index contributed by atoms with van der Waals surface area (Å²) in [7, 11) is 1.64. The van der Waals surface area contributed by atoms with E-state index in [1.165, 1.54) is 25.0 Å². The summed E-state index contributed by atoms with van der Waals surface area (Å²) in [5.74, 6) is 0.475. The first kappa shape index (κ1) is 14.4. The van der Waals surface area contributed by atoms with Crippen molar-refractivity contribution < 1.29 is 9.13 Å². The molecule has 0 radical (unpaired) electrons. The molecule has 0 bridgehead atoms. The molecule has 1 fully saturated rings. The van der Waals surface area contributed by atoms with Crippen LogP contribution in [0.15, 0.2) is 36.4 Å². The zero-order chi connectivity index (χ0) is 14.8. The Hall–Kier alpha value is -1.58. The fraction of sp³-hybridized carbons (Fsp3) is 0.294. The molecule has 0 atom stereocenters. The SMILES string of the molecule is COc1ccc(-c2cc(F)cc(Cl)c2)c(CNC2CC2)c1. The molecule has 0 heterocycles. The van der Waals surface area contributed by atoms with Crippen LogP contribution in [0.1, 0.15) is 18.4 Å². The summed E-state index contributed by atoms with van der Waals surface area (Å²) in [6, 6.07) is 11.0. The molecule has 1 saturated carbocycles. The number of rotatable bonds is 5. The summed E-state index contributed by atoms with van der Waals surface area (Å²) >= 11 is 5.97. The Morgan fingerprint density at radius 3 is 2.71 bits per heavy atom. The van der Waals surface area contributed by atoms with Crippen molar-refractivity contribution in [1.82, 2.24) is 5.32 Å². The van der Waals surface area contributed by atoms with Gasteiger partial charge in [0, 0.05) is 17.6 Å². The molecule has 0 saturated heterocycles. The summed E-state index contributed by atoms with van der Waals surface area (Å²) in [4.78, 5) is 0. The second kappa shape index (κ2) is 6.04. The molecule has 21 heavy (non-hydrogen) atoms. The smallest absolute Gasteiger partial charge is 0.125 e. The first-order valence-corrected chi connectivity index (χ1v) is 7.40. The van der Waals surface area contributed by atoms with Crippen molar-refractivity contribution in [1.29, 1.82) is 0 Å². The molecule has 0 aliphatic heterocycles. The van der Waals surface area contributed by atoms with Crippen LogP contribution >= 0.6 is 11.6 Å². The number of methoxy groups -OCH3 is 1. The maximum Gasteiger partial charge on any atom is 0.125 e. The number of hydrogen-bond donors (Lipinski definition) is 1. The predicted octanol–water partition coefficient (Wildman–Crippen LogP) is 4.41. The van der Waals surface area contributed by atoms with Gasteiger partial charge in [-0.2, -0.15) is 0 Å². The molecule has 3 rings (SSSR count). The van der Waals surface area contributed by atoms with Gasteiger partial charge in [-0.25, -0.2) is 4.39 Å². The fourth-order valence-corrected chi connectivity index (χ4v) is 2.60. The highest BCUT2D eigenvalue weighted by molar-refractivity contribution is 6.30. The summed E-state index contributed by atoms with van der Waals surface area (Å²) in [6.07, 6.45) is 2.45. The highest BCUT2D eigenvalue weighted by atomic mass is 35.5. The van der Waals surface area contributed by atoms with Crippen LogP contribution < -0.4 is 10.1 Å².